The van der Waals surface area contributed by atoms with Crippen molar-refractivity contribution in [2.24, 2.45) is 4.99 Å². The van der Waals surface area contributed by atoms with Gasteiger partial charge in [-0.3, -0.25) is 4.99 Å². The highest BCUT2D eigenvalue weighted by molar-refractivity contribution is 5.79. The second-order valence-corrected chi connectivity index (χ2v) is 5.09. The van der Waals surface area contributed by atoms with E-state index in [4.69, 9.17) is 0 Å². The van der Waals surface area contributed by atoms with E-state index in [1.807, 2.05) is 39.8 Å². The lowest BCUT2D eigenvalue weighted by Gasteiger charge is -2.24. The molecular weight excluding hydrogens is 241 g/mol. The molecule has 0 aliphatic carbocycles. The Bertz CT molecular complexity index is 419. The van der Waals surface area contributed by atoms with Gasteiger partial charge in [-0.1, -0.05) is 32.0 Å². The third-order valence-corrected chi connectivity index (χ3v) is 2.92. The largest absolute Gasteiger partial charge is 0.357 e. The summed E-state index contributed by atoms with van der Waals surface area (Å²) in [7, 11) is 0. The zero-order valence-corrected chi connectivity index (χ0v) is 12.3. The van der Waals surface area contributed by atoms with Crippen LogP contribution in [0.5, 0.6) is 0 Å². The molecule has 0 saturated heterocycles. The van der Waals surface area contributed by atoms with Crippen LogP contribution in [0.25, 0.3) is 0 Å². The quantitative estimate of drug-likeness (QED) is 0.634. The van der Waals surface area contributed by atoms with Crippen LogP contribution in [0.15, 0.2) is 29.3 Å². The van der Waals surface area contributed by atoms with Gasteiger partial charge in [-0.25, -0.2) is 4.39 Å². The van der Waals surface area contributed by atoms with Crippen LogP contribution in [-0.2, 0) is 5.41 Å². The third-order valence-electron chi connectivity index (χ3n) is 2.92. The molecule has 0 fully saturated rings. The minimum atomic E-state index is -0.332. The zero-order chi connectivity index (χ0) is 14.3. The molecule has 0 aliphatic rings. The number of nitrogens with zero attached hydrogens (tertiary/aromatic N) is 1. The monoisotopic (exact) mass is 265 g/mol. The van der Waals surface area contributed by atoms with Gasteiger partial charge in [-0.2, -0.15) is 0 Å². The summed E-state index contributed by atoms with van der Waals surface area (Å²) >= 11 is 0. The normalized spacial score (nSPS) is 11.0. The summed E-state index contributed by atoms with van der Waals surface area (Å²) in [6.07, 6.45) is 0. The zero-order valence-electron chi connectivity index (χ0n) is 12.3. The van der Waals surface area contributed by atoms with Crippen molar-refractivity contribution < 1.29 is 4.39 Å². The highest BCUT2D eigenvalue weighted by Crippen LogP contribution is 2.25. The lowest BCUT2D eigenvalue weighted by atomic mass is 9.84. The van der Waals surface area contributed by atoms with Crippen LogP contribution in [0.4, 0.5) is 4.39 Å². The minimum Gasteiger partial charge on any atom is -0.357 e. The summed E-state index contributed by atoms with van der Waals surface area (Å²) in [5, 5.41) is 6.33. The standard InChI is InChI=1S/C15H24FN3/c1-5-17-14(18-6-2)19-11-15(3,4)12-9-7-8-10-13(12)16/h7-10H,5-6,11H2,1-4H3,(H2,17,18,19). The molecule has 2 N–H and O–H groups in total. The lowest BCUT2D eigenvalue weighted by Crippen LogP contribution is -2.38. The molecule has 4 heteroatoms. The number of nitrogens with one attached hydrogen (secondary N) is 2. The van der Waals surface area contributed by atoms with E-state index in [-0.39, 0.29) is 11.2 Å². The molecule has 0 spiro atoms. The minimum absolute atomic E-state index is 0.170. The fourth-order valence-corrected chi connectivity index (χ4v) is 1.88. The van der Waals surface area contributed by atoms with Crippen molar-refractivity contribution in [2.75, 3.05) is 19.6 Å². The Labute approximate surface area is 115 Å². The number of aliphatic imine (C=N–C) groups is 1. The molecule has 3 nitrogen and oxygen atoms in total. The Hall–Kier alpha value is -1.58. The van der Waals surface area contributed by atoms with Crippen LogP contribution in [0, 0.1) is 5.82 Å². The van der Waals surface area contributed by atoms with Gasteiger partial charge in [-0.15, -0.1) is 0 Å². The lowest BCUT2D eigenvalue weighted by molar-refractivity contribution is 0.492. The van der Waals surface area contributed by atoms with Gasteiger partial charge in [0, 0.05) is 18.5 Å². The highest BCUT2D eigenvalue weighted by Gasteiger charge is 2.23. The number of benzene rings is 1. The summed E-state index contributed by atoms with van der Waals surface area (Å²) < 4.78 is 13.8. The number of hydrogen-bond donors (Lipinski definition) is 2. The Morgan fingerprint density at radius 2 is 1.74 bits per heavy atom. The van der Waals surface area contributed by atoms with Gasteiger partial charge < -0.3 is 10.6 Å². The van der Waals surface area contributed by atoms with E-state index >= 15 is 0 Å². The van der Waals surface area contributed by atoms with Crippen molar-refractivity contribution in [3.63, 3.8) is 0 Å². The number of halogens is 1. The predicted octanol–water partition coefficient (Wildman–Crippen LogP) is 2.68. The van der Waals surface area contributed by atoms with Crippen LogP contribution in [-0.4, -0.2) is 25.6 Å². The van der Waals surface area contributed by atoms with Crippen molar-refractivity contribution in [1.82, 2.24) is 10.6 Å². The number of rotatable bonds is 5. The molecule has 0 saturated carbocycles. The summed E-state index contributed by atoms with van der Waals surface area (Å²) in [4.78, 5) is 4.52. The summed E-state index contributed by atoms with van der Waals surface area (Å²) in [6, 6.07) is 6.89. The molecule has 0 amide bonds. The Morgan fingerprint density at radius 3 is 2.26 bits per heavy atom. The van der Waals surface area contributed by atoms with E-state index in [9.17, 15) is 4.39 Å². The topological polar surface area (TPSA) is 36.4 Å². The molecule has 0 atom stereocenters. The van der Waals surface area contributed by atoms with Crippen LogP contribution in [0.1, 0.15) is 33.3 Å². The first-order valence-electron chi connectivity index (χ1n) is 6.78. The Kier molecular flexibility index (Phi) is 5.80. The molecule has 0 bridgehead atoms. The number of guanidine groups is 1. The SMILES string of the molecule is CCNC(=NCC(C)(C)c1ccccc1F)NCC. The third kappa shape index (κ3) is 4.54. The second-order valence-electron chi connectivity index (χ2n) is 5.09. The van der Waals surface area contributed by atoms with E-state index in [1.165, 1.54) is 6.07 Å². The highest BCUT2D eigenvalue weighted by atomic mass is 19.1. The predicted molar refractivity (Wildman–Crippen MR) is 79.1 cm³/mol. The number of hydrogen-bond acceptors (Lipinski definition) is 1. The van der Waals surface area contributed by atoms with Crippen LogP contribution < -0.4 is 10.6 Å². The van der Waals surface area contributed by atoms with Gasteiger partial charge in [0.25, 0.3) is 0 Å². The summed E-state index contributed by atoms with van der Waals surface area (Å²) in [5.41, 5.74) is 0.368. The first-order valence-corrected chi connectivity index (χ1v) is 6.78. The van der Waals surface area contributed by atoms with Gasteiger partial charge in [0.15, 0.2) is 5.96 Å². The molecule has 0 unspecified atom stereocenters. The maximum absolute atomic E-state index is 13.8. The van der Waals surface area contributed by atoms with Gasteiger partial charge in [0.1, 0.15) is 5.82 Å². The summed E-state index contributed by atoms with van der Waals surface area (Å²) in [5.74, 6) is 0.602. The molecule has 106 valence electrons. The summed E-state index contributed by atoms with van der Waals surface area (Å²) in [6.45, 7) is 10.2. The maximum Gasteiger partial charge on any atom is 0.191 e. The Morgan fingerprint density at radius 1 is 1.16 bits per heavy atom. The molecule has 0 aliphatic heterocycles. The van der Waals surface area contributed by atoms with E-state index in [0.29, 0.717) is 12.1 Å². The average Bonchev–Trinajstić information content (AvgIpc) is 2.37. The molecule has 1 aromatic rings. The van der Waals surface area contributed by atoms with Crippen molar-refractivity contribution >= 4 is 5.96 Å². The maximum atomic E-state index is 13.8. The molecule has 19 heavy (non-hydrogen) atoms. The molecule has 1 rings (SSSR count). The molecule has 0 aromatic heterocycles. The van der Waals surface area contributed by atoms with Gasteiger partial charge in [-0.05, 0) is 25.5 Å². The van der Waals surface area contributed by atoms with Gasteiger partial charge in [0.2, 0.25) is 0 Å². The molecule has 1 aromatic carbocycles. The van der Waals surface area contributed by atoms with Crippen molar-refractivity contribution in [2.45, 2.75) is 33.1 Å². The molecular formula is C15H24FN3. The van der Waals surface area contributed by atoms with E-state index in [1.54, 1.807) is 6.07 Å². The van der Waals surface area contributed by atoms with Crippen molar-refractivity contribution in [3.05, 3.63) is 35.6 Å². The molecule has 0 radical (unpaired) electrons. The fraction of sp³-hybridized carbons (Fsp3) is 0.533. The Balaban J connectivity index is 2.84. The van der Waals surface area contributed by atoms with Crippen LogP contribution >= 0.6 is 0 Å². The average molecular weight is 265 g/mol. The smallest absolute Gasteiger partial charge is 0.191 e. The van der Waals surface area contributed by atoms with Crippen molar-refractivity contribution in [1.29, 1.82) is 0 Å². The second kappa shape index (κ2) is 7.12. The van der Waals surface area contributed by atoms with Gasteiger partial charge in [0.05, 0.1) is 6.54 Å². The fourth-order valence-electron chi connectivity index (χ4n) is 1.88. The van der Waals surface area contributed by atoms with Crippen LogP contribution in [0.2, 0.25) is 0 Å². The van der Waals surface area contributed by atoms with E-state index in [0.717, 1.165) is 19.0 Å². The van der Waals surface area contributed by atoms with Crippen molar-refractivity contribution in [3.8, 4) is 0 Å². The molecule has 0 heterocycles. The van der Waals surface area contributed by atoms with E-state index < -0.39 is 0 Å². The first kappa shape index (κ1) is 15.5. The van der Waals surface area contributed by atoms with E-state index in [2.05, 4.69) is 15.6 Å². The van der Waals surface area contributed by atoms with Crippen LogP contribution in [0.3, 0.4) is 0 Å². The first-order chi connectivity index (χ1) is 9.01. The van der Waals surface area contributed by atoms with Gasteiger partial charge >= 0.3 is 0 Å².